The van der Waals surface area contributed by atoms with Gasteiger partial charge in [-0.05, 0) is 37.1 Å². The summed E-state index contributed by atoms with van der Waals surface area (Å²) in [6.07, 6.45) is 2.60. The van der Waals surface area contributed by atoms with Crippen molar-refractivity contribution in [3.63, 3.8) is 0 Å². The lowest BCUT2D eigenvalue weighted by atomic mass is 10.1. The maximum absolute atomic E-state index is 12.1. The Morgan fingerprint density at radius 3 is 2.39 bits per heavy atom. The molecule has 0 saturated carbocycles. The molecule has 0 spiro atoms. The Balaban J connectivity index is 2.42. The minimum Gasteiger partial charge on any atom is -0.334 e. The fourth-order valence-corrected chi connectivity index (χ4v) is 3.45. The third kappa shape index (κ3) is 2.56. The van der Waals surface area contributed by atoms with Crippen molar-refractivity contribution in [1.29, 1.82) is 0 Å². The number of anilines is 1. The molecule has 2 N–H and O–H groups in total. The third-order valence-electron chi connectivity index (χ3n) is 2.50. The van der Waals surface area contributed by atoms with E-state index in [1.54, 1.807) is 0 Å². The van der Waals surface area contributed by atoms with Crippen molar-refractivity contribution < 1.29 is 8.42 Å². The molecule has 7 heteroatoms. The zero-order chi connectivity index (χ0) is 13.3. The fraction of sp³-hybridized carbons (Fsp3) is 0.182. The Kier molecular flexibility index (Phi) is 3.45. The number of halogens is 1. The fourth-order valence-electron chi connectivity index (χ4n) is 1.65. The highest BCUT2D eigenvalue weighted by molar-refractivity contribution is 9.10. The zero-order valence-electron chi connectivity index (χ0n) is 9.86. The molecule has 1 aromatic heterocycles. The van der Waals surface area contributed by atoms with Crippen LogP contribution in [0, 0.1) is 13.8 Å². The van der Waals surface area contributed by atoms with E-state index in [0.29, 0.717) is 5.69 Å². The van der Waals surface area contributed by atoms with Gasteiger partial charge in [0.2, 0.25) is 0 Å². The third-order valence-corrected chi connectivity index (χ3v) is 4.23. The molecule has 0 bridgehead atoms. The minimum absolute atomic E-state index is 0.0456. The van der Waals surface area contributed by atoms with Gasteiger partial charge in [0.15, 0.2) is 5.03 Å². The Labute approximate surface area is 114 Å². The van der Waals surface area contributed by atoms with Gasteiger partial charge < -0.3 is 4.98 Å². The predicted molar refractivity (Wildman–Crippen MR) is 73.0 cm³/mol. The summed E-state index contributed by atoms with van der Waals surface area (Å²) < 4.78 is 27.6. The molecule has 1 aromatic carbocycles. The molecule has 18 heavy (non-hydrogen) atoms. The highest BCUT2D eigenvalue weighted by atomic mass is 79.9. The summed E-state index contributed by atoms with van der Waals surface area (Å²) in [4.78, 5) is 6.28. The van der Waals surface area contributed by atoms with E-state index in [2.05, 4.69) is 30.6 Å². The van der Waals surface area contributed by atoms with Crippen molar-refractivity contribution >= 4 is 31.6 Å². The van der Waals surface area contributed by atoms with E-state index in [1.165, 1.54) is 12.5 Å². The first kappa shape index (κ1) is 13.1. The van der Waals surface area contributed by atoms with E-state index in [9.17, 15) is 8.42 Å². The van der Waals surface area contributed by atoms with Crippen LogP contribution in [0.1, 0.15) is 11.1 Å². The van der Waals surface area contributed by atoms with Crippen LogP contribution in [0.4, 0.5) is 5.69 Å². The molecule has 2 aromatic rings. The van der Waals surface area contributed by atoms with E-state index >= 15 is 0 Å². The standard InChI is InChI=1S/C11H12BrN3O2S/c1-7-3-9(12)4-8(2)11(7)15-18(16,17)10-5-13-6-14-10/h3-6,15H,1-2H3,(H,13,14). The van der Waals surface area contributed by atoms with Gasteiger partial charge in [0, 0.05) is 4.47 Å². The second-order valence-corrected chi connectivity index (χ2v) is 6.50. The molecule has 0 amide bonds. The van der Waals surface area contributed by atoms with Crippen LogP contribution < -0.4 is 4.72 Å². The largest absolute Gasteiger partial charge is 0.334 e. The molecule has 0 aliphatic rings. The van der Waals surface area contributed by atoms with Crippen molar-refractivity contribution in [1.82, 2.24) is 9.97 Å². The number of rotatable bonds is 3. The normalized spacial score (nSPS) is 11.5. The number of aromatic nitrogens is 2. The number of hydrogen-bond acceptors (Lipinski definition) is 3. The maximum Gasteiger partial charge on any atom is 0.278 e. The first-order valence-electron chi connectivity index (χ1n) is 5.18. The van der Waals surface area contributed by atoms with Crippen molar-refractivity contribution in [2.24, 2.45) is 0 Å². The molecular weight excluding hydrogens is 318 g/mol. The number of nitrogens with one attached hydrogen (secondary N) is 2. The van der Waals surface area contributed by atoms with Crippen LogP contribution >= 0.6 is 15.9 Å². The van der Waals surface area contributed by atoms with Crippen LogP contribution in [-0.2, 0) is 10.0 Å². The van der Waals surface area contributed by atoms with Crippen molar-refractivity contribution in [2.75, 3.05) is 4.72 Å². The monoisotopic (exact) mass is 329 g/mol. The number of aryl methyl sites for hydroxylation is 2. The highest BCUT2D eigenvalue weighted by Crippen LogP contribution is 2.26. The van der Waals surface area contributed by atoms with Gasteiger partial charge in [0.25, 0.3) is 10.0 Å². The van der Waals surface area contributed by atoms with E-state index in [1.807, 2.05) is 26.0 Å². The Hall–Kier alpha value is -1.34. The number of sulfonamides is 1. The smallest absolute Gasteiger partial charge is 0.278 e. The van der Waals surface area contributed by atoms with E-state index in [4.69, 9.17) is 0 Å². The topological polar surface area (TPSA) is 74.8 Å². The van der Waals surface area contributed by atoms with Crippen molar-refractivity contribution in [2.45, 2.75) is 18.9 Å². The molecular formula is C11H12BrN3O2S. The lowest BCUT2D eigenvalue weighted by molar-refractivity contribution is 0.598. The van der Waals surface area contributed by atoms with Crippen molar-refractivity contribution in [3.8, 4) is 0 Å². The molecule has 0 atom stereocenters. The predicted octanol–water partition coefficient (Wildman–Crippen LogP) is 2.59. The number of benzene rings is 1. The van der Waals surface area contributed by atoms with Gasteiger partial charge in [-0.15, -0.1) is 0 Å². The van der Waals surface area contributed by atoms with Gasteiger partial charge in [-0.2, -0.15) is 8.42 Å². The van der Waals surface area contributed by atoms with Gasteiger partial charge in [-0.1, -0.05) is 15.9 Å². The summed E-state index contributed by atoms with van der Waals surface area (Å²) in [6, 6.07) is 3.72. The minimum atomic E-state index is -3.61. The number of H-pyrrole nitrogens is 1. The summed E-state index contributed by atoms with van der Waals surface area (Å²) in [7, 11) is -3.61. The van der Waals surface area contributed by atoms with Crippen molar-refractivity contribution in [3.05, 3.63) is 40.3 Å². The van der Waals surface area contributed by atoms with Gasteiger partial charge in [0.1, 0.15) is 0 Å². The summed E-state index contributed by atoms with van der Waals surface area (Å²) >= 11 is 3.37. The first-order valence-corrected chi connectivity index (χ1v) is 7.46. The second-order valence-electron chi connectivity index (χ2n) is 3.94. The van der Waals surface area contributed by atoms with Gasteiger partial charge in [0.05, 0.1) is 18.2 Å². The number of nitrogens with zero attached hydrogens (tertiary/aromatic N) is 1. The molecule has 0 aliphatic carbocycles. The molecule has 0 aliphatic heterocycles. The SMILES string of the molecule is Cc1cc(Br)cc(C)c1NS(=O)(=O)c1cnc[nH]1. The second kappa shape index (κ2) is 4.74. The number of hydrogen-bond donors (Lipinski definition) is 2. The van der Waals surface area contributed by atoms with Gasteiger partial charge in [-0.25, -0.2) is 4.98 Å². The molecule has 0 saturated heterocycles. The molecule has 96 valence electrons. The lowest BCUT2D eigenvalue weighted by Gasteiger charge is -2.12. The zero-order valence-corrected chi connectivity index (χ0v) is 12.3. The molecule has 1 heterocycles. The van der Waals surface area contributed by atoms with E-state index in [-0.39, 0.29) is 5.03 Å². The van der Waals surface area contributed by atoms with Crippen LogP contribution in [0.15, 0.2) is 34.2 Å². The lowest BCUT2D eigenvalue weighted by Crippen LogP contribution is -2.15. The molecule has 0 unspecified atom stereocenters. The molecule has 0 radical (unpaired) electrons. The molecule has 2 rings (SSSR count). The van der Waals surface area contributed by atoms with Crippen LogP contribution in [0.5, 0.6) is 0 Å². The summed E-state index contributed by atoms with van der Waals surface area (Å²) in [6.45, 7) is 3.70. The van der Waals surface area contributed by atoms with Crippen LogP contribution in [0.25, 0.3) is 0 Å². The number of imidazole rings is 1. The van der Waals surface area contributed by atoms with Crippen LogP contribution in [-0.4, -0.2) is 18.4 Å². The summed E-state index contributed by atoms with van der Waals surface area (Å²) in [5.74, 6) is 0. The van der Waals surface area contributed by atoms with Gasteiger partial charge in [-0.3, -0.25) is 4.72 Å². The maximum atomic E-state index is 12.1. The Morgan fingerprint density at radius 1 is 1.28 bits per heavy atom. The molecule has 5 nitrogen and oxygen atoms in total. The van der Waals surface area contributed by atoms with Gasteiger partial charge >= 0.3 is 0 Å². The average Bonchev–Trinajstić information content (AvgIpc) is 2.77. The van der Waals surface area contributed by atoms with E-state index in [0.717, 1.165) is 15.6 Å². The van der Waals surface area contributed by atoms with Crippen LogP contribution in [0.2, 0.25) is 0 Å². The Morgan fingerprint density at radius 2 is 1.89 bits per heavy atom. The number of aromatic amines is 1. The molecule has 0 fully saturated rings. The van der Waals surface area contributed by atoms with Crippen LogP contribution in [0.3, 0.4) is 0 Å². The summed E-state index contributed by atoms with van der Waals surface area (Å²) in [5.41, 5.74) is 2.29. The Bertz CT molecular complexity index is 643. The summed E-state index contributed by atoms with van der Waals surface area (Å²) in [5, 5.41) is 0.0456. The van der Waals surface area contributed by atoms with E-state index < -0.39 is 10.0 Å². The highest BCUT2D eigenvalue weighted by Gasteiger charge is 2.17. The first-order chi connectivity index (χ1) is 8.40. The quantitative estimate of drug-likeness (QED) is 0.908. The average molecular weight is 330 g/mol.